The Hall–Kier alpha value is -1.39. The second-order valence-electron chi connectivity index (χ2n) is 3.11. The van der Waals surface area contributed by atoms with Crippen LogP contribution in [0.2, 0.25) is 0 Å². The molecule has 0 heterocycles. The highest BCUT2D eigenvalue weighted by molar-refractivity contribution is 5.67. The first kappa shape index (κ1) is 11.7. The van der Waals surface area contributed by atoms with Gasteiger partial charge in [-0.3, -0.25) is 4.79 Å². The largest absolute Gasteiger partial charge is 0.481 e. The molecule has 0 saturated heterocycles. The third kappa shape index (κ3) is 4.10. The summed E-state index contributed by atoms with van der Waals surface area (Å²) >= 11 is 0. The molecule has 1 rings (SSSR count). The number of hydrogen-bond donors (Lipinski definition) is 2. The lowest BCUT2D eigenvalue weighted by Crippen LogP contribution is -2.24. The smallest absolute Gasteiger partial charge is 0.305 e. The topological polar surface area (TPSA) is 58.6 Å². The number of rotatable bonds is 6. The predicted octanol–water partition coefficient (Wildman–Crippen LogP) is 1.74. The molecule has 4 heteroatoms. The molecule has 0 aromatic heterocycles. The van der Waals surface area contributed by atoms with E-state index in [1.54, 1.807) is 0 Å². The minimum atomic E-state index is -0.851. The van der Waals surface area contributed by atoms with Crippen LogP contribution in [0.4, 0.5) is 0 Å². The zero-order chi connectivity index (χ0) is 11.1. The summed E-state index contributed by atoms with van der Waals surface area (Å²) in [6.45, 7) is 2.35. The van der Waals surface area contributed by atoms with Gasteiger partial charge in [0.2, 0.25) is 0 Å². The molecule has 1 unspecified atom stereocenters. The molecular formula is C11H15NO3. The molecule has 2 N–H and O–H groups in total. The molecule has 0 bridgehead atoms. The van der Waals surface area contributed by atoms with Gasteiger partial charge in [-0.05, 0) is 12.5 Å². The zero-order valence-corrected chi connectivity index (χ0v) is 8.64. The van der Waals surface area contributed by atoms with Crippen LogP contribution in [0.1, 0.15) is 24.9 Å². The molecule has 0 saturated carbocycles. The van der Waals surface area contributed by atoms with Crippen molar-refractivity contribution in [3.63, 3.8) is 0 Å². The van der Waals surface area contributed by atoms with Gasteiger partial charge in [0.1, 0.15) is 0 Å². The van der Waals surface area contributed by atoms with Gasteiger partial charge in [0.25, 0.3) is 0 Å². The Morgan fingerprint density at radius 2 is 2.13 bits per heavy atom. The summed E-state index contributed by atoms with van der Waals surface area (Å²) in [5, 5.41) is 8.75. The predicted molar refractivity (Wildman–Crippen MR) is 56.2 cm³/mol. The van der Waals surface area contributed by atoms with Gasteiger partial charge in [-0.25, -0.2) is 0 Å². The number of hydroxylamine groups is 1. The fraction of sp³-hybridized carbons (Fsp3) is 0.364. The third-order valence-electron chi connectivity index (χ3n) is 1.95. The van der Waals surface area contributed by atoms with Crippen LogP contribution < -0.4 is 5.48 Å². The Kier molecular flexibility index (Phi) is 4.80. The molecule has 0 amide bonds. The highest BCUT2D eigenvalue weighted by Gasteiger charge is 2.14. The van der Waals surface area contributed by atoms with Crippen LogP contribution in [0.15, 0.2) is 30.3 Å². The van der Waals surface area contributed by atoms with Crippen LogP contribution in [0.25, 0.3) is 0 Å². The number of carboxylic acid groups (broad SMARTS) is 1. The third-order valence-corrected chi connectivity index (χ3v) is 1.95. The first-order valence-corrected chi connectivity index (χ1v) is 4.88. The van der Waals surface area contributed by atoms with Crippen LogP contribution in [0.5, 0.6) is 0 Å². The van der Waals surface area contributed by atoms with Crippen molar-refractivity contribution in [1.82, 2.24) is 5.48 Å². The maximum atomic E-state index is 10.7. The van der Waals surface area contributed by atoms with Crippen molar-refractivity contribution in [1.29, 1.82) is 0 Å². The van der Waals surface area contributed by atoms with E-state index in [0.29, 0.717) is 6.61 Å². The molecule has 0 aliphatic carbocycles. The highest BCUT2D eigenvalue weighted by atomic mass is 16.6. The number of carboxylic acids is 1. The van der Waals surface area contributed by atoms with Gasteiger partial charge in [-0.1, -0.05) is 30.3 Å². The van der Waals surface area contributed by atoms with E-state index in [1.807, 2.05) is 37.3 Å². The summed E-state index contributed by atoms with van der Waals surface area (Å²) in [4.78, 5) is 15.7. The fourth-order valence-electron chi connectivity index (χ4n) is 1.27. The van der Waals surface area contributed by atoms with Crippen molar-refractivity contribution >= 4 is 5.97 Å². The van der Waals surface area contributed by atoms with Gasteiger partial charge in [-0.15, -0.1) is 0 Å². The van der Waals surface area contributed by atoms with E-state index in [1.165, 1.54) is 0 Å². The minimum Gasteiger partial charge on any atom is -0.481 e. The minimum absolute atomic E-state index is 0.00398. The van der Waals surface area contributed by atoms with Crippen LogP contribution in [0, 0.1) is 0 Å². The fourth-order valence-corrected chi connectivity index (χ4v) is 1.27. The lowest BCUT2D eigenvalue weighted by atomic mass is 10.1. The average Bonchev–Trinajstić information content (AvgIpc) is 2.25. The molecule has 15 heavy (non-hydrogen) atoms. The van der Waals surface area contributed by atoms with Crippen LogP contribution in [0.3, 0.4) is 0 Å². The van der Waals surface area contributed by atoms with Crippen molar-refractivity contribution in [2.75, 3.05) is 6.61 Å². The molecule has 0 aliphatic rings. The number of carbonyl (C=O) groups is 1. The Balaban J connectivity index is 2.67. The summed E-state index contributed by atoms with van der Waals surface area (Å²) in [6.07, 6.45) is 0.00398. The molecule has 4 nitrogen and oxygen atoms in total. The summed E-state index contributed by atoms with van der Waals surface area (Å²) in [7, 11) is 0. The van der Waals surface area contributed by atoms with E-state index in [2.05, 4.69) is 5.48 Å². The number of hydrogen-bond acceptors (Lipinski definition) is 3. The monoisotopic (exact) mass is 209 g/mol. The maximum absolute atomic E-state index is 10.7. The zero-order valence-electron chi connectivity index (χ0n) is 8.64. The number of aliphatic carboxylic acids is 1. The molecule has 1 aromatic carbocycles. The van der Waals surface area contributed by atoms with Crippen molar-refractivity contribution in [3.05, 3.63) is 35.9 Å². The molecule has 1 aromatic rings. The molecule has 0 aliphatic heterocycles. The lowest BCUT2D eigenvalue weighted by molar-refractivity contribution is -0.138. The molecule has 0 spiro atoms. The van der Waals surface area contributed by atoms with Gasteiger partial charge in [-0.2, -0.15) is 5.48 Å². The SMILES string of the molecule is CCONC(CC(=O)O)c1ccccc1. The van der Waals surface area contributed by atoms with E-state index < -0.39 is 5.97 Å². The molecular weight excluding hydrogens is 194 g/mol. The van der Waals surface area contributed by atoms with E-state index in [4.69, 9.17) is 9.94 Å². The Morgan fingerprint density at radius 3 is 2.67 bits per heavy atom. The van der Waals surface area contributed by atoms with Crippen molar-refractivity contribution in [3.8, 4) is 0 Å². The van der Waals surface area contributed by atoms with E-state index in [0.717, 1.165) is 5.56 Å². The van der Waals surface area contributed by atoms with E-state index in [-0.39, 0.29) is 12.5 Å². The summed E-state index contributed by atoms with van der Waals surface area (Å²) in [5.41, 5.74) is 3.65. The Labute approximate surface area is 88.8 Å². The summed E-state index contributed by atoms with van der Waals surface area (Å²) in [5.74, 6) is -0.851. The first-order valence-electron chi connectivity index (χ1n) is 4.88. The Morgan fingerprint density at radius 1 is 1.47 bits per heavy atom. The second kappa shape index (κ2) is 6.16. The summed E-state index contributed by atoms with van der Waals surface area (Å²) in [6, 6.07) is 9.08. The van der Waals surface area contributed by atoms with Gasteiger partial charge in [0.05, 0.1) is 19.1 Å². The molecule has 0 fully saturated rings. The molecule has 1 atom stereocenters. The van der Waals surface area contributed by atoms with Crippen LogP contribution in [-0.2, 0) is 9.63 Å². The first-order chi connectivity index (χ1) is 7.24. The molecule has 0 radical (unpaired) electrons. The van der Waals surface area contributed by atoms with Crippen molar-refractivity contribution in [2.45, 2.75) is 19.4 Å². The average molecular weight is 209 g/mol. The lowest BCUT2D eigenvalue weighted by Gasteiger charge is -2.16. The van der Waals surface area contributed by atoms with Gasteiger partial charge >= 0.3 is 5.97 Å². The maximum Gasteiger partial charge on any atom is 0.305 e. The van der Waals surface area contributed by atoms with Gasteiger partial charge in [0, 0.05) is 0 Å². The standard InChI is InChI=1S/C11H15NO3/c1-2-15-12-10(8-11(13)14)9-6-4-3-5-7-9/h3-7,10,12H,2,8H2,1H3,(H,13,14). The van der Waals surface area contributed by atoms with E-state index in [9.17, 15) is 4.79 Å². The normalized spacial score (nSPS) is 12.3. The molecule has 82 valence electrons. The van der Waals surface area contributed by atoms with Crippen molar-refractivity contribution in [2.24, 2.45) is 0 Å². The van der Waals surface area contributed by atoms with Crippen LogP contribution >= 0.6 is 0 Å². The van der Waals surface area contributed by atoms with Crippen LogP contribution in [-0.4, -0.2) is 17.7 Å². The second-order valence-corrected chi connectivity index (χ2v) is 3.11. The number of benzene rings is 1. The highest BCUT2D eigenvalue weighted by Crippen LogP contribution is 2.16. The van der Waals surface area contributed by atoms with Crippen molar-refractivity contribution < 1.29 is 14.7 Å². The Bertz CT molecular complexity index is 300. The summed E-state index contributed by atoms with van der Waals surface area (Å²) < 4.78 is 0. The number of nitrogens with one attached hydrogen (secondary N) is 1. The quantitative estimate of drug-likeness (QED) is 0.701. The van der Waals surface area contributed by atoms with E-state index >= 15 is 0 Å². The van der Waals surface area contributed by atoms with Gasteiger partial charge < -0.3 is 9.94 Å². The van der Waals surface area contributed by atoms with Gasteiger partial charge in [0.15, 0.2) is 0 Å².